The van der Waals surface area contributed by atoms with Gasteiger partial charge >= 0.3 is 5.97 Å². The number of anilines is 1. The summed E-state index contributed by atoms with van der Waals surface area (Å²) in [7, 11) is -1.60. The zero-order valence-corrected chi connectivity index (χ0v) is 20.9. The largest absolute Gasteiger partial charge is 0.487 e. The summed E-state index contributed by atoms with van der Waals surface area (Å²) in [5.41, 5.74) is 3.34. The highest BCUT2D eigenvalue weighted by Crippen LogP contribution is 2.37. The molecular formula is C25H28ClNO5S. The van der Waals surface area contributed by atoms with Crippen LogP contribution in [0.4, 0.5) is 5.69 Å². The topological polar surface area (TPSA) is 80.0 Å². The lowest BCUT2D eigenvalue weighted by atomic mass is 10.1. The first-order valence-corrected chi connectivity index (χ1v) is 12.1. The Kier molecular flexibility index (Phi) is 7.87. The van der Waals surface area contributed by atoms with E-state index >= 15 is 0 Å². The number of nitrogens with zero attached hydrogens (tertiary/aromatic N) is 1. The highest BCUT2D eigenvalue weighted by atomic mass is 35.5. The van der Waals surface area contributed by atoms with Crippen molar-refractivity contribution in [3.63, 3.8) is 0 Å². The van der Waals surface area contributed by atoms with Crippen LogP contribution in [0.1, 0.15) is 46.7 Å². The summed E-state index contributed by atoms with van der Waals surface area (Å²) in [6, 6.07) is 12.0. The highest BCUT2D eigenvalue weighted by molar-refractivity contribution is 7.86. The molecular weight excluding hydrogens is 462 g/mol. The van der Waals surface area contributed by atoms with Crippen molar-refractivity contribution in [3.8, 4) is 5.75 Å². The minimum Gasteiger partial charge on any atom is -0.487 e. The number of halogens is 1. The van der Waals surface area contributed by atoms with Gasteiger partial charge in [-0.2, -0.15) is 0 Å². The van der Waals surface area contributed by atoms with Gasteiger partial charge < -0.3 is 14.3 Å². The number of benzene rings is 2. The third-order valence-corrected chi connectivity index (χ3v) is 6.82. The molecule has 0 saturated carbocycles. The van der Waals surface area contributed by atoms with E-state index in [0.29, 0.717) is 33.9 Å². The maximum Gasteiger partial charge on any atom is 0.335 e. The van der Waals surface area contributed by atoms with Crippen molar-refractivity contribution in [2.75, 3.05) is 10.8 Å². The predicted octanol–water partition coefficient (Wildman–Crippen LogP) is 6.32. The van der Waals surface area contributed by atoms with Crippen molar-refractivity contribution in [2.24, 2.45) is 5.92 Å². The third-order valence-electron chi connectivity index (χ3n) is 5.10. The van der Waals surface area contributed by atoms with E-state index < -0.39 is 17.0 Å². The number of ether oxygens (including phenoxy) is 1. The highest BCUT2D eigenvalue weighted by Gasteiger charge is 2.24. The minimum absolute atomic E-state index is 0.212. The van der Waals surface area contributed by atoms with Crippen LogP contribution in [-0.2, 0) is 17.6 Å². The molecule has 0 fully saturated rings. The first kappa shape index (κ1) is 24.9. The molecule has 0 aliphatic heterocycles. The average Bonchev–Trinajstić information content (AvgIpc) is 3.19. The molecule has 3 aromatic rings. The summed E-state index contributed by atoms with van der Waals surface area (Å²) in [6.07, 6.45) is 0. The maximum atomic E-state index is 13.5. The number of carbonyl (C=O) groups is 1. The third kappa shape index (κ3) is 5.97. The molecule has 0 saturated heterocycles. The standard InChI is InChI=1S/C25H28ClNO5S/c1-15(2)13-27(33(30)24-9-6-18(5)32-24)22-12-21(26)17(4)11-23(22)31-14-20-8-7-19(25(28)29)10-16(20)3/h6-12,15H,13-14H2,1-5H3,(H,28,29). The van der Waals surface area contributed by atoms with Crippen LogP contribution in [0.2, 0.25) is 5.02 Å². The fraction of sp³-hybridized carbons (Fsp3) is 0.320. The first-order chi connectivity index (χ1) is 15.6. The molecule has 0 aliphatic carbocycles. The van der Waals surface area contributed by atoms with E-state index in [-0.39, 0.29) is 18.1 Å². The molecule has 1 heterocycles. The molecule has 1 unspecified atom stereocenters. The SMILES string of the molecule is Cc1ccc(S(=O)N(CC(C)C)c2cc(Cl)c(C)cc2OCc2ccc(C(=O)O)cc2C)o1. The summed E-state index contributed by atoms with van der Waals surface area (Å²) in [6.45, 7) is 10.3. The zero-order chi connectivity index (χ0) is 24.3. The summed E-state index contributed by atoms with van der Waals surface area (Å²) >= 11 is 6.45. The Balaban J connectivity index is 1.98. The van der Waals surface area contributed by atoms with E-state index in [2.05, 4.69) is 0 Å². The van der Waals surface area contributed by atoms with Crippen LogP contribution in [0.15, 0.2) is 52.0 Å². The number of hydrogen-bond donors (Lipinski definition) is 1. The van der Waals surface area contributed by atoms with Crippen molar-refractivity contribution in [1.29, 1.82) is 0 Å². The number of aryl methyl sites for hydroxylation is 3. The lowest BCUT2D eigenvalue weighted by Gasteiger charge is -2.27. The molecule has 1 atom stereocenters. The molecule has 0 aliphatic rings. The first-order valence-electron chi connectivity index (χ1n) is 10.6. The Morgan fingerprint density at radius 1 is 1.12 bits per heavy atom. The lowest BCUT2D eigenvalue weighted by molar-refractivity contribution is 0.0696. The molecule has 8 heteroatoms. The molecule has 0 amide bonds. The molecule has 1 aromatic heterocycles. The van der Waals surface area contributed by atoms with Crippen LogP contribution in [0.5, 0.6) is 5.75 Å². The Bertz CT molecular complexity index is 1190. The Morgan fingerprint density at radius 2 is 1.85 bits per heavy atom. The zero-order valence-electron chi connectivity index (χ0n) is 19.3. The smallest absolute Gasteiger partial charge is 0.335 e. The van der Waals surface area contributed by atoms with Crippen molar-refractivity contribution in [2.45, 2.75) is 46.3 Å². The van der Waals surface area contributed by atoms with Gasteiger partial charge in [-0.05, 0) is 79.8 Å². The lowest BCUT2D eigenvalue weighted by Crippen LogP contribution is -2.30. The van der Waals surface area contributed by atoms with E-state index in [1.807, 2.05) is 40.7 Å². The van der Waals surface area contributed by atoms with Gasteiger partial charge in [0.05, 0.1) is 11.3 Å². The van der Waals surface area contributed by atoms with E-state index in [1.54, 1.807) is 40.7 Å². The number of furan rings is 1. The van der Waals surface area contributed by atoms with Crippen molar-refractivity contribution < 1.29 is 23.3 Å². The number of aromatic carboxylic acids is 1. The summed E-state index contributed by atoms with van der Waals surface area (Å²) < 4.78 is 27.0. The number of rotatable bonds is 9. The van der Waals surface area contributed by atoms with Gasteiger partial charge in [0.1, 0.15) is 18.1 Å². The van der Waals surface area contributed by atoms with E-state index in [4.69, 9.17) is 20.8 Å². The molecule has 6 nitrogen and oxygen atoms in total. The van der Waals surface area contributed by atoms with Gasteiger partial charge in [0, 0.05) is 11.6 Å². The minimum atomic E-state index is -1.60. The number of carboxylic acid groups (broad SMARTS) is 1. The van der Waals surface area contributed by atoms with Gasteiger partial charge in [0.25, 0.3) is 0 Å². The molecule has 0 spiro atoms. The second-order valence-electron chi connectivity index (χ2n) is 8.37. The van der Waals surface area contributed by atoms with E-state index in [1.165, 1.54) is 0 Å². The summed E-state index contributed by atoms with van der Waals surface area (Å²) in [5, 5.41) is 10.1. The maximum absolute atomic E-state index is 13.5. The predicted molar refractivity (Wildman–Crippen MR) is 131 cm³/mol. The van der Waals surface area contributed by atoms with Crippen molar-refractivity contribution >= 4 is 34.2 Å². The quantitative estimate of drug-likeness (QED) is 0.380. The van der Waals surface area contributed by atoms with Crippen molar-refractivity contribution in [1.82, 2.24) is 0 Å². The Labute approximate surface area is 201 Å². The van der Waals surface area contributed by atoms with Gasteiger partial charge in [-0.1, -0.05) is 31.5 Å². The van der Waals surface area contributed by atoms with E-state index in [9.17, 15) is 14.1 Å². The molecule has 0 radical (unpaired) electrons. The van der Waals surface area contributed by atoms with Gasteiger partial charge in [0.15, 0.2) is 11.0 Å². The number of carboxylic acids is 1. The molecule has 3 rings (SSSR count). The molecule has 2 aromatic carbocycles. The van der Waals surface area contributed by atoms with Gasteiger partial charge in [-0.15, -0.1) is 0 Å². The summed E-state index contributed by atoms with van der Waals surface area (Å²) in [5.74, 6) is 0.460. The van der Waals surface area contributed by atoms with Gasteiger partial charge in [0.2, 0.25) is 5.09 Å². The second-order valence-corrected chi connectivity index (χ2v) is 10.1. The molecule has 176 valence electrons. The Hall–Kier alpha value is -2.77. The van der Waals surface area contributed by atoms with Crippen LogP contribution in [-0.4, -0.2) is 21.8 Å². The van der Waals surface area contributed by atoms with Crippen molar-refractivity contribution in [3.05, 3.63) is 75.5 Å². The molecule has 0 bridgehead atoms. The molecule has 1 N–H and O–H groups in total. The van der Waals surface area contributed by atoms with Gasteiger partial charge in [-0.3, -0.25) is 4.31 Å². The van der Waals surface area contributed by atoms with Crippen LogP contribution in [0, 0.1) is 26.7 Å². The van der Waals surface area contributed by atoms with Crippen LogP contribution in [0.3, 0.4) is 0 Å². The fourth-order valence-electron chi connectivity index (χ4n) is 3.30. The summed E-state index contributed by atoms with van der Waals surface area (Å²) in [4.78, 5) is 11.2. The normalized spacial score (nSPS) is 12.1. The van der Waals surface area contributed by atoms with Crippen LogP contribution >= 0.6 is 11.6 Å². The second kappa shape index (κ2) is 10.4. The van der Waals surface area contributed by atoms with Crippen LogP contribution in [0.25, 0.3) is 0 Å². The fourth-order valence-corrected chi connectivity index (χ4v) is 4.82. The van der Waals surface area contributed by atoms with Gasteiger partial charge in [-0.25, -0.2) is 9.00 Å². The van der Waals surface area contributed by atoms with E-state index in [0.717, 1.165) is 16.7 Å². The number of hydrogen-bond acceptors (Lipinski definition) is 4. The average molecular weight is 490 g/mol. The van der Waals surface area contributed by atoms with Crippen LogP contribution < -0.4 is 9.04 Å². The molecule has 33 heavy (non-hydrogen) atoms. The Morgan fingerprint density at radius 3 is 2.42 bits per heavy atom. The monoisotopic (exact) mass is 489 g/mol.